The summed E-state index contributed by atoms with van der Waals surface area (Å²) in [7, 11) is 0. The molecule has 0 bridgehead atoms. The number of hydrogen-bond acceptors (Lipinski definition) is 4. The second-order valence-electron chi connectivity index (χ2n) is 8.15. The Labute approximate surface area is 198 Å². The maximum Gasteiger partial charge on any atom is 0.242 e. The van der Waals surface area contributed by atoms with Crippen molar-refractivity contribution in [2.45, 2.75) is 72.5 Å². The van der Waals surface area contributed by atoms with Crippen LogP contribution in [0, 0.1) is 0 Å². The third-order valence-electron chi connectivity index (χ3n) is 5.60. The minimum atomic E-state index is -0.564. The summed E-state index contributed by atoms with van der Waals surface area (Å²) in [4.78, 5) is 27.8. The Bertz CT molecular complexity index is 885. The fourth-order valence-electron chi connectivity index (χ4n) is 3.47. The van der Waals surface area contributed by atoms with Crippen LogP contribution in [-0.4, -0.2) is 42.0 Å². The molecule has 2 atom stereocenters. The second-order valence-corrected chi connectivity index (χ2v) is 8.15. The van der Waals surface area contributed by atoms with Crippen molar-refractivity contribution in [3.05, 3.63) is 59.7 Å². The maximum atomic E-state index is 13.3. The van der Waals surface area contributed by atoms with E-state index in [1.165, 1.54) is 0 Å². The van der Waals surface area contributed by atoms with Crippen molar-refractivity contribution >= 4 is 11.8 Å². The highest BCUT2D eigenvalue weighted by atomic mass is 16.5. The Morgan fingerprint density at radius 2 is 1.58 bits per heavy atom. The Kier molecular flexibility index (Phi) is 10.7. The van der Waals surface area contributed by atoms with E-state index >= 15 is 0 Å². The lowest BCUT2D eigenvalue weighted by Crippen LogP contribution is -2.49. The van der Waals surface area contributed by atoms with Gasteiger partial charge in [-0.1, -0.05) is 43.3 Å². The van der Waals surface area contributed by atoms with Gasteiger partial charge in [0.15, 0.2) is 11.5 Å². The standard InChI is InChI=1S/C27H38N2O4/c1-6-20(4)28-27(31)21(5)29(19-23-12-10-9-11-13-23)26(30)17-15-22-14-16-24(32-7-2)25(18-22)33-8-3/h9-14,16,18,20-21H,6-8,15,17,19H2,1-5H3,(H,28,31)/t20-,21-/m1/s1. The Balaban J connectivity index is 2.15. The highest BCUT2D eigenvalue weighted by molar-refractivity contribution is 5.87. The SMILES string of the molecule is CCOc1ccc(CCC(=O)N(Cc2ccccc2)[C@H](C)C(=O)N[C@H](C)CC)cc1OCC. The number of carbonyl (C=O) groups excluding carboxylic acids is 2. The Morgan fingerprint density at radius 3 is 2.21 bits per heavy atom. The van der Waals surface area contributed by atoms with E-state index in [1.54, 1.807) is 11.8 Å². The van der Waals surface area contributed by atoms with Gasteiger partial charge in [0.25, 0.3) is 0 Å². The van der Waals surface area contributed by atoms with Gasteiger partial charge in [-0.25, -0.2) is 0 Å². The van der Waals surface area contributed by atoms with E-state index in [1.807, 2.05) is 76.2 Å². The topological polar surface area (TPSA) is 67.9 Å². The summed E-state index contributed by atoms with van der Waals surface area (Å²) in [5.41, 5.74) is 1.99. The molecule has 0 aliphatic carbocycles. The van der Waals surface area contributed by atoms with E-state index in [0.29, 0.717) is 44.1 Å². The van der Waals surface area contributed by atoms with Gasteiger partial charge in [0.1, 0.15) is 6.04 Å². The fourth-order valence-corrected chi connectivity index (χ4v) is 3.47. The molecule has 0 saturated carbocycles. The summed E-state index contributed by atoms with van der Waals surface area (Å²) in [5.74, 6) is 1.20. The number of rotatable bonds is 13. The molecule has 2 rings (SSSR count). The zero-order chi connectivity index (χ0) is 24.2. The van der Waals surface area contributed by atoms with Crippen molar-refractivity contribution in [3.8, 4) is 11.5 Å². The third kappa shape index (κ3) is 8.12. The number of ether oxygens (including phenoxy) is 2. The van der Waals surface area contributed by atoms with Gasteiger partial charge in [0.05, 0.1) is 13.2 Å². The molecule has 33 heavy (non-hydrogen) atoms. The average Bonchev–Trinajstić information content (AvgIpc) is 2.82. The van der Waals surface area contributed by atoms with Crippen molar-refractivity contribution in [2.75, 3.05) is 13.2 Å². The molecule has 0 fully saturated rings. The lowest BCUT2D eigenvalue weighted by Gasteiger charge is -2.30. The molecule has 2 aromatic carbocycles. The number of nitrogens with zero attached hydrogens (tertiary/aromatic N) is 1. The first-order valence-electron chi connectivity index (χ1n) is 11.9. The lowest BCUT2D eigenvalue weighted by molar-refractivity contribution is -0.140. The quantitative estimate of drug-likeness (QED) is 0.474. The van der Waals surface area contributed by atoms with Crippen LogP contribution in [0.15, 0.2) is 48.5 Å². The van der Waals surface area contributed by atoms with E-state index in [-0.39, 0.29) is 17.9 Å². The van der Waals surface area contributed by atoms with E-state index in [9.17, 15) is 9.59 Å². The number of benzene rings is 2. The van der Waals surface area contributed by atoms with Crippen LogP contribution in [0.4, 0.5) is 0 Å². The zero-order valence-corrected chi connectivity index (χ0v) is 20.6. The summed E-state index contributed by atoms with van der Waals surface area (Å²) in [6.07, 6.45) is 1.69. The maximum absolute atomic E-state index is 13.3. The molecule has 0 unspecified atom stereocenters. The minimum absolute atomic E-state index is 0.0579. The van der Waals surface area contributed by atoms with E-state index in [4.69, 9.17) is 9.47 Å². The molecule has 180 valence electrons. The number of nitrogens with one attached hydrogen (secondary N) is 1. The fraction of sp³-hybridized carbons (Fsp3) is 0.481. The molecule has 6 heteroatoms. The zero-order valence-electron chi connectivity index (χ0n) is 20.6. The Hall–Kier alpha value is -3.02. The third-order valence-corrected chi connectivity index (χ3v) is 5.60. The normalized spacial score (nSPS) is 12.5. The largest absolute Gasteiger partial charge is 0.490 e. The predicted molar refractivity (Wildman–Crippen MR) is 131 cm³/mol. The van der Waals surface area contributed by atoms with Gasteiger partial charge in [-0.05, 0) is 63.8 Å². The summed E-state index contributed by atoms with van der Waals surface area (Å²) >= 11 is 0. The van der Waals surface area contributed by atoms with Crippen LogP contribution >= 0.6 is 0 Å². The number of aryl methyl sites for hydroxylation is 1. The first kappa shape index (κ1) is 26.2. The van der Waals surface area contributed by atoms with Crippen molar-refractivity contribution in [2.24, 2.45) is 0 Å². The molecular formula is C27H38N2O4. The highest BCUT2D eigenvalue weighted by Gasteiger charge is 2.26. The summed E-state index contributed by atoms with van der Waals surface area (Å²) in [5, 5.41) is 3.00. The number of hydrogen-bond donors (Lipinski definition) is 1. The molecule has 2 aromatic rings. The Morgan fingerprint density at radius 1 is 0.909 bits per heavy atom. The molecule has 0 radical (unpaired) electrons. The molecule has 0 aromatic heterocycles. The second kappa shape index (κ2) is 13.5. The van der Waals surface area contributed by atoms with Crippen LogP contribution in [0.25, 0.3) is 0 Å². The molecule has 0 saturated heterocycles. The molecule has 0 heterocycles. The molecule has 0 spiro atoms. The molecular weight excluding hydrogens is 416 g/mol. The molecule has 2 amide bonds. The average molecular weight is 455 g/mol. The van der Waals surface area contributed by atoms with Crippen LogP contribution in [-0.2, 0) is 22.6 Å². The summed E-state index contributed by atoms with van der Waals surface area (Å²) < 4.78 is 11.3. The van der Waals surface area contributed by atoms with Crippen LogP contribution < -0.4 is 14.8 Å². The van der Waals surface area contributed by atoms with Crippen LogP contribution in [0.2, 0.25) is 0 Å². The molecule has 0 aliphatic heterocycles. The van der Waals surface area contributed by atoms with Gasteiger partial charge >= 0.3 is 0 Å². The van der Waals surface area contributed by atoms with Gasteiger partial charge in [0.2, 0.25) is 11.8 Å². The van der Waals surface area contributed by atoms with Gasteiger partial charge in [0, 0.05) is 19.0 Å². The predicted octanol–water partition coefficient (Wildman–Crippen LogP) is 4.75. The van der Waals surface area contributed by atoms with Crippen LogP contribution in [0.5, 0.6) is 11.5 Å². The van der Waals surface area contributed by atoms with Gasteiger partial charge in [-0.3, -0.25) is 9.59 Å². The molecule has 1 N–H and O–H groups in total. The smallest absolute Gasteiger partial charge is 0.242 e. The van der Waals surface area contributed by atoms with E-state index < -0.39 is 6.04 Å². The van der Waals surface area contributed by atoms with Gasteiger partial charge in [-0.15, -0.1) is 0 Å². The van der Waals surface area contributed by atoms with Crippen molar-refractivity contribution in [3.63, 3.8) is 0 Å². The van der Waals surface area contributed by atoms with E-state index in [0.717, 1.165) is 17.5 Å². The van der Waals surface area contributed by atoms with Crippen LogP contribution in [0.1, 0.15) is 58.6 Å². The monoisotopic (exact) mass is 454 g/mol. The summed E-state index contributed by atoms with van der Waals surface area (Å²) in [6, 6.07) is 15.0. The lowest BCUT2D eigenvalue weighted by atomic mass is 10.1. The van der Waals surface area contributed by atoms with Crippen LogP contribution in [0.3, 0.4) is 0 Å². The summed E-state index contributed by atoms with van der Waals surface area (Å²) in [6.45, 7) is 11.1. The number of carbonyl (C=O) groups is 2. The first-order valence-corrected chi connectivity index (χ1v) is 11.9. The molecule has 0 aliphatic rings. The van der Waals surface area contributed by atoms with Gasteiger partial charge < -0.3 is 19.7 Å². The highest BCUT2D eigenvalue weighted by Crippen LogP contribution is 2.29. The van der Waals surface area contributed by atoms with Gasteiger partial charge in [-0.2, -0.15) is 0 Å². The van der Waals surface area contributed by atoms with Crippen molar-refractivity contribution in [1.82, 2.24) is 10.2 Å². The van der Waals surface area contributed by atoms with E-state index in [2.05, 4.69) is 5.32 Å². The minimum Gasteiger partial charge on any atom is -0.490 e. The first-order chi connectivity index (χ1) is 15.9. The van der Waals surface area contributed by atoms with Crippen molar-refractivity contribution in [1.29, 1.82) is 0 Å². The number of amides is 2. The van der Waals surface area contributed by atoms with Crippen molar-refractivity contribution < 1.29 is 19.1 Å². The molecule has 6 nitrogen and oxygen atoms in total.